The first-order chi connectivity index (χ1) is 10.6. The van der Waals surface area contributed by atoms with Crippen LogP contribution in [-0.2, 0) is 9.59 Å². The average molecular weight is 313 g/mol. The molecule has 1 aliphatic heterocycles. The Kier molecular flexibility index (Phi) is 4.02. The number of anilines is 1. The molecule has 0 fully saturated rings. The van der Waals surface area contributed by atoms with Gasteiger partial charge in [0.25, 0.3) is 0 Å². The number of amides is 2. The van der Waals surface area contributed by atoms with Gasteiger partial charge < -0.3 is 10.2 Å². The molecule has 2 heterocycles. The number of carbonyl (C=O) groups excluding carboxylic acids is 2. The molecule has 2 amide bonds. The normalized spacial score (nSPS) is 16.2. The second-order valence-corrected chi connectivity index (χ2v) is 5.87. The van der Waals surface area contributed by atoms with Crippen LogP contribution < -0.4 is 5.32 Å². The first kappa shape index (κ1) is 14.5. The number of rotatable bonds is 3. The Morgan fingerprint density at radius 2 is 2.18 bits per heavy atom. The fourth-order valence-corrected chi connectivity index (χ4v) is 3.09. The molecule has 3 rings (SSSR count). The predicted octanol–water partition coefficient (Wildman–Crippen LogP) is 3.05. The van der Waals surface area contributed by atoms with E-state index in [1.165, 1.54) is 18.3 Å². The van der Waals surface area contributed by atoms with Crippen LogP contribution in [0, 0.1) is 0 Å². The molecule has 6 heteroatoms. The fraction of sp³-hybridized carbons (Fsp3) is 0.188. The Labute approximate surface area is 132 Å². The third-order valence-electron chi connectivity index (χ3n) is 3.53. The molecule has 1 aromatic heterocycles. The van der Waals surface area contributed by atoms with Crippen molar-refractivity contribution in [2.75, 3.05) is 5.32 Å². The van der Waals surface area contributed by atoms with Gasteiger partial charge in [-0.1, -0.05) is 24.3 Å². The summed E-state index contributed by atoms with van der Waals surface area (Å²) in [5.41, 5.74) is 2.02. The Bertz CT molecular complexity index is 725. The van der Waals surface area contributed by atoms with Crippen LogP contribution in [-0.4, -0.2) is 21.7 Å². The van der Waals surface area contributed by atoms with Crippen molar-refractivity contribution in [2.24, 2.45) is 0 Å². The van der Waals surface area contributed by atoms with Gasteiger partial charge in [-0.15, -0.1) is 11.3 Å². The standard InChI is InChI=1S/C16H15N3O2S/c1-11(20)19-8-6-12-4-2-3-5-13(12)14(19)10-15(21)18-16-17-7-9-22-16/h2-9,14H,10H2,1H3,(H,17,18,21)/t14-/m0/s1. The Morgan fingerprint density at radius 3 is 2.91 bits per heavy atom. The van der Waals surface area contributed by atoms with Crippen LogP contribution in [0.3, 0.4) is 0 Å². The van der Waals surface area contributed by atoms with Crippen molar-refractivity contribution in [3.63, 3.8) is 0 Å². The molecule has 5 nitrogen and oxygen atoms in total. The molecular weight excluding hydrogens is 298 g/mol. The molecule has 1 aliphatic rings. The van der Waals surface area contributed by atoms with Gasteiger partial charge in [-0.2, -0.15) is 0 Å². The van der Waals surface area contributed by atoms with Crippen LogP contribution in [0.25, 0.3) is 6.08 Å². The highest BCUT2D eigenvalue weighted by atomic mass is 32.1. The molecule has 0 saturated heterocycles. The second-order valence-electron chi connectivity index (χ2n) is 4.98. The minimum atomic E-state index is -0.293. The average Bonchev–Trinajstić information content (AvgIpc) is 3.00. The first-order valence-corrected chi connectivity index (χ1v) is 7.78. The highest BCUT2D eigenvalue weighted by molar-refractivity contribution is 7.13. The van der Waals surface area contributed by atoms with Crippen LogP contribution in [0.5, 0.6) is 0 Å². The van der Waals surface area contributed by atoms with Gasteiger partial charge in [0.1, 0.15) is 0 Å². The van der Waals surface area contributed by atoms with Gasteiger partial charge >= 0.3 is 0 Å². The maximum Gasteiger partial charge on any atom is 0.228 e. The van der Waals surface area contributed by atoms with Crippen molar-refractivity contribution in [3.8, 4) is 0 Å². The Morgan fingerprint density at radius 1 is 1.36 bits per heavy atom. The van der Waals surface area contributed by atoms with Gasteiger partial charge in [-0.05, 0) is 17.2 Å². The zero-order valence-electron chi connectivity index (χ0n) is 12.0. The van der Waals surface area contributed by atoms with Crippen LogP contribution >= 0.6 is 11.3 Å². The van der Waals surface area contributed by atoms with Gasteiger partial charge in [0, 0.05) is 24.7 Å². The quantitative estimate of drug-likeness (QED) is 0.947. The Hall–Kier alpha value is -2.47. The minimum Gasteiger partial charge on any atom is -0.311 e. The summed E-state index contributed by atoms with van der Waals surface area (Å²) in [6, 6.07) is 7.51. The third-order valence-corrected chi connectivity index (χ3v) is 4.22. The summed E-state index contributed by atoms with van der Waals surface area (Å²) in [6.07, 6.45) is 5.47. The number of hydrogen-bond donors (Lipinski definition) is 1. The summed E-state index contributed by atoms with van der Waals surface area (Å²) in [4.78, 5) is 29.7. The van der Waals surface area contributed by atoms with E-state index in [2.05, 4.69) is 10.3 Å². The highest BCUT2D eigenvalue weighted by Crippen LogP contribution is 2.33. The molecule has 0 bridgehead atoms. The third kappa shape index (κ3) is 2.92. The van der Waals surface area contributed by atoms with Gasteiger partial charge in [-0.3, -0.25) is 9.59 Å². The van der Waals surface area contributed by atoms with Gasteiger partial charge in [0.15, 0.2) is 5.13 Å². The number of nitrogens with zero attached hydrogens (tertiary/aromatic N) is 2. The molecule has 112 valence electrons. The largest absolute Gasteiger partial charge is 0.311 e. The highest BCUT2D eigenvalue weighted by Gasteiger charge is 2.28. The van der Waals surface area contributed by atoms with Gasteiger partial charge in [-0.25, -0.2) is 4.98 Å². The molecule has 1 atom stereocenters. The summed E-state index contributed by atoms with van der Waals surface area (Å²) in [5, 5.41) is 5.14. The lowest BCUT2D eigenvalue weighted by atomic mass is 9.93. The van der Waals surface area contributed by atoms with E-state index < -0.39 is 0 Å². The van der Waals surface area contributed by atoms with Gasteiger partial charge in [0.05, 0.1) is 12.5 Å². The molecular formula is C16H15N3O2S. The molecule has 1 N–H and O–H groups in total. The summed E-state index contributed by atoms with van der Waals surface area (Å²) in [7, 11) is 0. The maximum atomic E-state index is 12.3. The molecule has 0 radical (unpaired) electrons. The summed E-state index contributed by atoms with van der Waals surface area (Å²) in [5.74, 6) is -0.242. The van der Waals surface area contributed by atoms with Crippen LogP contribution in [0.4, 0.5) is 5.13 Å². The van der Waals surface area contributed by atoms with Crippen LogP contribution in [0.1, 0.15) is 30.5 Å². The summed E-state index contributed by atoms with van der Waals surface area (Å²) < 4.78 is 0. The summed E-state index contributed by atoms with van der Waals surface area (Å²) in [6.45, 7) is 1.50. The van der Waals surface area contributed by atoms with Crippen molar-refractivity contribution in [1.29, 1.82) is 0 Å². The molecule has 0 saturated carbocycles. The van der Waals surface area contributed by atoms with Crippen molar-refractivity contribution >= 4 is 34.4 Å². The Balaban J connectivity index is 1.83. The number of hydrogen-bond acceptors (Lipinski definition) is 4. The van der Waals surface area contributed by atoms with E-state index in [1.807, 2.05) is 30.3 Å². The number of carbonyl (C=O) groups is 2. The lowest BCUT2D eigenvalue weighted by Crippen LogP contribution is -2.33. The van der Waals surface area contributed by atoms with E-state index in [0.717, 1.165) is 11.1 Å². The van der Waals surface area contributed by atoms with E-state index in [9.17, 15) is 9.59 Å². The summed E-state index contributed by atoms with van der Waals surface area (Å²) >= 11 is 1.37. The number of fused-ring (bicyclic) bond motifs is 1. The predicted molar refractivity (Wildman–Crippen MR) is 86.1 cm³/mol. The lowest BCUT2D eigenvalue weighted by Gasteiger charge is -2.32. The van der Waals surface area contributed by atoms with Crippen LogP contribution in [0.15, 0.2) is 42.0 Å². The molecule has 22 heavy (non-hydrogen) atoms. The molecule has 0 aliphatic carbocycles. The monoisotopic (exact) mass is 313 g/mol. The van der Waals surface area contributed by atoms with E-state index >= 15 is 0 Å². The van der Waals surface area contributed by atoms with Gasteiger partial charge in [0.2, 0.25) is 11.8 Å². The smallest absolute Gasteiger partial charge is 0.228 e. The van der Waals surface area contributed by atoms with Crippen LogP contribution in [0.2, 0.25) is 0 Å². The maximum absolute atomic E-state index is 12.3. The molecule has 2 aromatic rings. The lowest BCUT2D eigenvalue weighted by molar-refractivity contribution is -0.129. The van der Waals surface area contributed by atoms with E-state index in [1.54, 1.807) is 22.7 Å². The van der Waals surface area contributed by atoms with Crippen molar-refractivity contribution in [1.82, 2.24) is 9.88 Å². The molecule has 1 aromatic carbocycles. The van der Waals surface area contributed by atoms with E-state index in [4.69, 9.17) is 0 Å². The topological polar surface area (TPSA) is 62.3 Å². The number of nitrogens with one attached hydrogen (secondary N) is 1. The van der Waals surface area contributed by atoms with E-state index in [-0.39, 0.29) is 24.3 Å². The minimum absolute atomic E-state index is 0.0854. The first-order valence-electron chi connectivity index (χ1n) is 6.90. The number of aromatic nitrogens is 1. The van der Waals surface area contributed by atoms with Crippen molar-refractivity contribution in [2.45, 2.75) is 19.4 Å². The molecule has 0 spiro atoms. The van der Waals surface area contributed by atoms with Crippen molar-refractivity contribution in [3.05, 3.63) is 53.2 Å². The zero-order chi connectivity index (χ0) is 15.5. The second kappa shape index (κ2) is 6.11. The fourth-order valence-electron chi connectivity index (χ4n) is 2.54. The number of thiazole rings is 1. The SMILES string of the molecule is CC(=O)N1C=Cc2ccccc2[C@@H]1CC(=O)Nc1nccs1. The van der Waals surface area contributed by atoms with E-state index in [0.29, 0.717) is 5.13 Å². The molecule has 0 unspecified atom stereocenters. The zero-order valence-corrected chi connectivity index (χ0v) is 12.8. The van der Waals surface area contributed by atoms with Crippen molar-refractivity contribution < 1.29 is 9.59 Å². The number of benzene rings is 1.